The lowest BCUT2D eigenvalue weighted by atomic mass is 10.1. The van der Waals surface area contributed by atoms with Gasteiger partial charge in [0.2, 0.25) is 5.91 Å². The SMILES string of the molecule is O=C(Cc1ccc2c(c1)OCCO2)Nc1ncc(Cc2ccc(Cl)cc2)s1. The number of carbonyl (C=O) groups excluding carboxylic acids is 1. The largest absolute Gasteiger partial charge is 0.486 e. The Kier molecular flexibility index (Phi) is 5.27. The van der Waals surface area contributed by atoms with E-state index in [0.29, 0.717) is 24.1 Å². The minimum atomic E-state index is -0.112. The normalized spacial score (nSPS) is 12.6. The average Bonchev–Trinajstić information content (AvgIpc) is 3.10. The van der Waals surface area contributed by atoms with Gasteiger partial charge in [-0.1, -0.05) is 29.8 Å². The van der Waals surface area contributed by atoms with Gasteiger partial charge in [-0.05, 0) is 35.4 Å². The number of thiazole rings is 1. The molecule has 0 unspecified atom stereocenters. The molecule has 7 heteroatoms. The van der Waals surface area contributed by atoms with E-state index < -0.39 is 0 Å². The predicted molar refractivity (Wildman–Crippen MR) is 106 cm³/mol. The Morgan fingerprint density at radius 2 is 1.81 bits per heavy atom. The summed E-state index contributed by atoms with van der Waals surface area (Å²) in [6.45, 7) is 1.08. The van der Waals surface area contributed by atoms with Crippen molar-refractivity contribution in [3.63, 3.8) is 0 Å². The van der Waals surface area contributed by atoms with Crippen LogP contribution in [0, 0.1) is 0 Å². The van der Waals surface area contributed by atoms with Crippen molar-refractivity contribution in [2.24, 2.45) is 0 Å². The first-order valence-corrected chi connectivity index (χ1v) is 9.73. The average molecular weight is 401 g/mol. The first-order valence-electron chi connectivity index (χ1n) is 8.53. The Balaban J connectivity index is 1.36. The molecule has 1 N–H and O–H groups in total. The quantitative estimate of drug-likeness (QED) is 0.692. The summed E-state index contributed by atoms with van der Waals surface area (Å²) in [5, 5.41) is 4.18. The van der Waals surface area contributed by atoms with Crippen LogP contribution in [0.5, 0.6) is 11.5 Å². The van der Waals surface area contributed by atoms with Gasteiger partial charge in [-0.2, -0.15) is 0 Å². The third-order valence-corrected chi connectivity index (χ3v) is 5.23. The number of ether oxygens (including phenoxy) is 2. The van der Waals surface area contributed by atoms with E-state index in [4.69, 9.17) is 21.1 Å². The Morgan fingerprint density at radius 1 is 1.07 bits per heavy atom. The maximum absolute atomic E-state index is 12.3. The fourth-order valence-corrected chi connectivity index (χ4v) is 3.79. The third kappa shape index (κ3) is 4.59. The Labute approximate surface area is 165 Å². The first-order chi connectivity index (χ1) is 13.2. The highest BCUT2D eigenvalue weighted by atomic mass is 35.5. The molecule has 0 atom stereocenters. The summed E-state index contributed by atoms with van der Waals surface area (Å²) >= 11 is 7.38. The van der Waals surface area contributed by atoms with Crippen LogP contribution in [0.2, 0.25) is 5.02 Å². The lowest BCUT2D eigenvalue weighted by Crippen LogP contribution is -2.17. The van der Waals surface area contributed by atoms with E-state index in [1.54, 1.807) is 6.20 Å². The third-order valence-electron chi connectivity index (χ3n) is 4.06. The second-order valence-corrected chi connectivity index (χ2v) is 7.69. The summed E-state index contributed by atoms with van der Waals surface area (Å²) in [4.78, 5) is 17.7. The fourth-order valence-electron chi connectivity index (χ4n) is 2.80. The van der Waals surface area contributed by atoms with Gasteiger partial charge in [-0.25, -0.2) is 4.98 Å². The van der Waals surface area contributed by atoms with Crippen LogP contribution in [0.1, 0.15) is 16.0 Å². The van der Waals surface area contributed by atoms with Crippen molar-refractivity contribution in [3.05, 3.63) is 69.7 Å². The van der Waals surface area contributed by atoms with Crippen molar-refractivity contribution in [2.45, 2.75) is 12.8 Å². The number of anilines is 1. The Morgan fingerprint density at radius 3 is 2.63 bits per heavy atom. The van der Waals surface area contributed by atoms with Crippen molar-refractivity contribution in [1.29, 1.82) is 0 Å². The van der Waals surface area contributed by atoms with Gasteiger partial charge < -0.3 is 14.8 Å². The summed E-state index contributed by atoms with van der Waals surface area (Å²) in [5.74, 6) is 1.29. The maximum atomic E-state index is 12.3. The van der Waals surface area contributed by atoms with Crippen LogP contribution in [-0.4, -0.2) is 24.1 Å². The van der Waals surface area contributed by atoms with Crippen LogP contribution < -0.4 is 14.8 Å². The van der Waals surface area contributed by atoms with E-state index in [2.05, 4.69) is 10.3 Å². The molecule has 0 fully saturated rings. The van der Waals surface area contributed by atoms with Crippen LogP contribution in [0.25, 0.3) is 0 Å². The van der Waals surface area contributed by atoms with Crippen LogP contribution in [0.4, 0.5) is 5.13 Å². The molecule has 0 radical (unpaired) electrons. The molecular weight excluding hydrogens is 384 g/mol. The molecule has 0 aliphatic carbocycles. The van der Waals surface area contributed by atoms with Gasteiger partial charge in [0.05, 0.1) is 6.42 Å². The van der Waals surface area contributed by atoms with E-state index in [1.807, 2.05) is 42.5 Å². The van der Waals surface area contributed by atoms with Gasteiger partial charge in [0.15, 0.2) is 16.6 Å². The molecule has 0 spiro atoms. The number of carbonyl (C=O) groups is 1. The van der Waals surface area contributed by atoms with Crippen molar-refractivity contribution in [1.82, 2.24) is 4.98 Å². The van der Waals surface area contributed by atoms with E-state index in [0.717, 1.165) is 33.2 Å². The highest BCUT2D eigenvalue weighted by Crippen LogP contribution is 2.31. The number of amides is 1. The van der Waals surface area contributed by atoms with Crippen LogP contribution in [-0.2, 0) is 17.6 Å². The molecule has 4 rings (SSSR count). The molecule has 1 amide bonds. The molecule has 2 heterocycles. The number of hydrogen-bond donors (Lipinski definition) is 1. The molecule has 0 bridgehead atoms. The van der Waals surface area contributed by atoms with Gasteiger partial charge in [0, 0.05) is 22.5 Å². The smallest absolute Gasteiger partial charge is 0.230 e. The van der Waals surface area contributed by atoms with Crippen LogP contribution in [0.3, 0.4) is 0 Å². The van der Waals surface area contributed by atoms with Crippen LogP contribution >= 0.6 is 22.9 Å². The number of nitrogens with one attached hydrogen (secondary N) is 1. The standard InChI is InChI=1S/C20H17ClN2O3S/c21-15-4-1-13(2-5-15)9-16-12-22-20(27-16)23-19(24)11-14-3-6-17-18(10-14)26-8-7-25-17/h1-6,10,12H,7-9,11H2,(H,22,23,24). The van der Waals surface area contributed by atoms with Crippen molar-refractivity contribution in [3.8, 4) is 11.5 Å². The van der Waals surface area contributed by atoms with Crippen molar-refractivity contribution < 1.29 is 14.3 Å². The molecule has 1 aliphatic heterocycles. The molecule has 0 saturated carbocycles. The molecule has 1 aliphatic rings. The number of rotatable bonds is 5. The first kappa shape index (κ1) is 17.8. The topological polar surface area (TPSA) is 60.5 Å². The molecule has 1 aromatic heterocycles. The fraction of sp³-hybridized carbons (Fsp3) is 0.200. The van der Waals surface area contributed by atoms with E-state index in [9.17, 15) is 4.79 Å². The minimum absolute atomic E-state index is 0.112. The summed E-state index contributed by atoms with van der Waals surface area (Å²) in [7, 11) is 0. The molecule has 27 heavy (non-hydrogen) atoms. The monoisotopic (exact) mass is 400 g/mol. The van der Waals surface area contributed by atoms with E-state index >= 15 is 0 Å². The number of nitrogens with zero attached hydrogens (tertiary/aromatic N) is 1. The summed E-state index contributed by atoms with van der Waals surface area (Å²) < 4.78 is 11.1. The second kappa shape index (κ2) is 7.98. The maximum Gasteiger partial charge on any atom is 0.230 e. The highest BCUT2D eigenvalue weighted by molar-refractivity contribution is 7.15. The lowest BCUT2D eigenvalue weighted by molar-refractivity contribution is -0.115. The zero-order valence-electron chi connectivity index (χ0n) is 14.4. The minimum Gasteiger partial charge on any atom is -0.486 e. The highest BCUT2D eigenvalue weighted by Gasteiger charge is 2.14. The zero-order valence-corrected chi connectivity index (χ0v) is 16.0. The zero-order chi connectivity index (χ0) is 18.6. The van der Waals surface area contributed by atoms with Gasteiger partial charge in [0.25, 0.3) is 0 Å². The second-order valence-electron chi connectivity index (χ2n) is 6.14. The molecule has 0 saturated heterocycles. The number of aromatic nitrogens is 1. The van der Waals surface area contributed by atoms with Crippen LogP contribution in [0.15, 0.2) is 48.7 Å². The van der Waals surface area contributed by atoms with Gasteiger partial charge in [0.1, 0.15) is 13.2 Å². The van der Waals surface area contributed by atoms with Crippen molar-refractivity contribution >= 4 is 34.0 Å². The predicted octanol–water partition coefficient (Wildman–Crippen LogP) is 4.34. The van der Waals surface area contributed by atoms with E-state index in [1.165, 1.54) is 11.3 Å². The lowest BCUT2D eigenvalue weighted by Gasteiger charge is -2.18. The number of halogens is 1. The Bertz CT molecular complexity index is 956. The van der Waals surface area contributed by atoms with Gasteiger partial charge >= 0.3 is 0 Å². The summed E-state index contributed by atoms with van der Waals surface area (Å²) in [5.41, 5.74) is 2.02. The number of benzene rings is 2. The summed E-state index contributed by atoms with van der Waals surface area (Å²) in [6, 6.07) is 13.3. The molecule has 5 nitrogen and oxygen atoms in total. The number of fused-ring (bicyclic) bond motifs is 1. The van der Waals surface area contributed by atoms with E-state index in [-0.39, 0.29) is 12.3 Å². The molecular formula is C20H17ClN2O3S. The van der Waals surface area contributed by atoms with Crippen molar-refractivity contribution in [2.75, 3.05) is 18.5 Å². The number of hydrogen-bond acceptors (Lipinski definition) is 5. The Hall–Kier alpha value is -2.57. The molecule has 138 valence electrons. The van der Waals surface area contributed by atoms with Gasteiger partial charge in [-0.15, -0.1) is 11.3 Å². The molecule has 2 aromatic carbocycles. The summed E-state index contributed by atoms with van der Waals surface area (Å²) in [6.07, 6.45) is 2.80. The van der Waals surface area contributed by atoms with Gasteiger partial charge in [-0.3, -0.25) is 4.79 Å². The molecule has 3 aromatic rings.